The molecule has 2 aromatic rings. The Hall–Kier alpha value is -1.30. The first kappa shape index (κ1) is 18.7. The van der Waals surface area contributed by atoms with Gasteiger partial charge in [0, 0.05) is 29.7 Å². The molecule has 1 N–H and O–H groups in total. The van der Waals surface area contributed by atoms with Crippen LogP contribution in [0.2, 0.25) is 0 Å². The molecule has 120 valence electrons. The molecule has 4 nitrogen and oxygen atoms in total. The van der Waals surface area contributed by atoms with Gasteiger partial charge >= 0.3 is 0 Å². The van der Waals surface area contributed by atoms with Crippen molar-refractivity contribution in [2.24, 2.45) is 0 Å². The van der Waals surface area contributed by atoms with Gasteiger partial charge < -0.3 is 10.2 Å². The molecular weight excluding hydrogens is 341 g/mol. The van der Waals surface area contributed by atoms with E-state index in [0.29, 0.717) is 6.54 Å². The Labute approximate surface area is 146 Å². The van der Waals surface area contributed by atoms with E-state index in [2.05, 4.69) is 10.3 Å². The fourth-order valence-electron chi connectivity index (χ4n) is 2.42. The van der Waals surface area contributed by atoms with Crippen LogP contribution in [-0.2, 0) is 13.0 Å². The third-order valence-electron chi connectivity index (χ3n) is 3.63. The molecule has 0 saturated carbocycles. The summed E-state index contributed by atoms with van der Waals surface area (Å²) >= 11 is 1.60. The molecule has 0 aliphatic carbocycles. The zero-order valence-corrected chi connectivity index (χ0v) is 14.9. The highest BCUT2D eigenvalue weighted by molar-refractivity contribution is 7.09. The molecule has 0 unspecified atom stereocenters. The van der Waals surface area contributed by atoms with Crippen molar-refractivity contribution in [3.8, 4) is 0 Å². The minimum Gasteiger partial charge on any atom is -0.384 e. The van der Waals surface area contributed by atoms with Gasteiger partial charge in [0.2, 0.25) is 0 Å². The van der Waals surface area contributed by atoms with Gasteiger partial charge in [0.25, 0.3) is 5.91 Å². The molecule has 7 heteroatoms. The summed E-state index contributed by atoms with van der Waals surface area (Å²) in [6.07, 6.45) is 0.994. The quantitative estimate of drug-likeness (QED) is 0.911. The Kier molecular flexibility index (Phi) is 6.66. The first-order valence-corrected chi connectivity index (χ1v) is 7.54. The molecule has 2 heterocycles. The van der Waals surface area contributed by atoms with Crippen molar-refractivity contribution in [2.45, 2.75) is 19.9 Å². The van der Waals surface area contributed by atoms with Crippen molar-refractivity contribution in [1.29, 1.82) is 0 Å². The van der Waals surface area contributed by atoms with Crippen LogP contribution in [0.1, 0.15) is 26.5 Å². The van der Waals surface area contributed by atoms with E-state index in [-0.39, 0.29) is 30.7 Å². The Bertz CT molecular complexity index is 660. The van der Waals surface area contributed by atoms with Gasteiger partial charge in [0.15, 0.2) is 0 Å². The largest absolute Gasteiger partial charge is 0.384 e. The summed E-state index contributed by atoms with van der Waals surface area (Å²) in [6.45, 7) is 3.55. The van der Waals surface area contributed by atoms with Gasteiger partial charge in [-0.2, -0.15) is 0 Å². The minimum absolute atomic E-state index is 0. The Morgan fingerprint density at radius 2 is 2.18 bits per heavy atom. The number of rotatable bonds is 3. The van der Waals surface area contributed by atoms with Crippen molar-refractivity contribution in [3.63, 3.8) is 0 Å². The fraction of sp³-hybridized carbons (Fsp3) is 0.333. The van der Waals surface area contributed by atoms with Gasteiger partial charge in [-0.15, -0.1) is 36.2 Å². The zero-order chi connectivity index (χ0) is 14.1. The Balaban J connectivity index is 0.00000121. The highest BCUT2D eigenvalue weighted by Crippen LogP contribution is 2.24. The van der Waals surface area contributed by atoms with Crippen molar-refractivity contribution < 1.29 is 4.79 Å². The first-order valence-electron chi connectivity index (χ1n) is 6.66. The second kappa shape index (κ2) is 7.81. The average Bonchev–Trinajstić information content (AvgIpc) is 3.06. The summed E-state index contributed by atoms with van der Waals surface area (Å²) in [7, 11) is 1.84. The lowest BCUT2D eigenvalue weighted by molar-refractivity contribution is 0.0786. The molecule has 0 spiro atoms. The summed E-state index contributed by atoms with van der Waals surface area (Å²) in [5, 5.41) is 3.31. The van der Waals surface area contributed by atoms with Crippen LogP contribution in [0.15, 0.2) is 23.7 Å². The lowest BCUT2D eigenvalue weighted by Crippen LogP contribution is -2.26. The third kappa shape index (κ3) is 3.72. The smallest absolute Gasteiger partial charge is 0.253 e. The van der Waals surface area contributed by atoms with Gasteiger partial charge in [-0.25, -0.2) is 4.98 Å². The number of anilines is 1. The molecule has 1 aromatic carbocycles. The number of nitrogens with zero attached hydrogens (tertiary/aromatic N) is 2. The SMILES string of the molecule is Cc1ncsc1CN(C)C(=O)c1ccc2c(c1)CCN2.Cl.Cl. The molecule has 1 amide bonds. The Morgan fingerprint density at radius 3 is 2.86 bits per heavy atom. The summed E-state index contributed by atoms with van der Waals surface area (Å²) in [4.78, 5) is 19.6. The van der Waals surface area contributed by atoms with Crippen LogP contribution in [0.3, 0.4) is 0 Å². The molecule has 0 saturated heterocycles. The summed E-state index contributed by atoms with van der Waals surface area (Å²) in [5.41, 5.74) is 5.98. The number of benzene rings is 1. The van der Waals surface area contributed by atoms with Crippen LogP contribution in [0.25, 0.3) is 0 Å². The number of hydrogen-bond donors (Lipinski definition) is 1. The minimum atomic E-state index is 0. The molecule has 22 heavy (non-hydrogen) atoms. The molecule has 1 aliphatic rings. The first-order chi connectivity index (χ1) is 9.65. The lowest BCUT2D eigenvalue weighted by atomic mass is 10.1. The number of hydrogen-bond acceptors (Lipinski definition) is 4. The topological polar surface area (TPSA) is 45.2 Å². The number of fused-ring (bicyclic) bond motifs is 1. The maximum Gasteiger partial charge on any atom is 0.253 e. The summed E-state index contributed by atoms with van der Waals surface area (Å²) in [6, 6.07) is 5.91. The number of carbonyl (C=O) groups is 1. The van der Waals surface area contributed by atoms with Gasteiger partial charge in [-0.1, -0.05) is 0 Å². The van der Waals surface area contributed by atoms with Crippen molar-refractivity contribution in [2.75, 3.05) is 18.9 Å². The molecule has 0 fully saturated rings. The van der Waals surface area contributed by atoms with Gasteiger partial charge in [0.1, 0.15) is 0 Å². The van der Waals surface area contributed by atoms with E-state index in [0.717, 1.165) is 34.8 Å². The molecule has 1 aromatic heterocycles. The van der Waals surface area contributed by atoms with Crippen molar-refractivity contribution in [1.82, 2.24) is 9.88 Å². The van der Waals surface area contributed by atoms with E-state index in [9.17, 15) is 4.79 Å². The van der Waals surface area contributed by atoms with E-state index in [1.54, 1.807) is 16.2 Å². The number of halogens is 2. The second-order valence-electron chi connectivity index (χ2n) is 5.07. The molecule has 0 radical (unpaired) electrons. The standard InChI is InChI=1S/C15H17N3OS.2ClH/c1-10-14(20-9-17-10)8-18(2)15(19)12-3-4-13-11(7-12)5-6-16-13;;/h3-4,7,9,16H,5-6,8H2,1-2H3;2*1H. The fourth-order valence-corrected chi connectivity index (χ4v) is 3.25. The van der Waals surface area contributed by atoms with Gasteiger partial charge in [-0.3, -0.25) is 4.79 Å². The summed E-state index contributed by atoms with van der Waals surface area (Å²) in [5.74, 6) is 0.0625. The molecule has 0 bridgehead atoms. The number of aryl methyl sites for hydroxylation is 1. The molecule has 0 atom stereocenters. The van der Waals surface area contributed by atoms with Crippen LogP contribution in [-0.4, -0.2) is 29.4 Å². The monoisotopic (exact) mass is 359 g/mol. The van der Waals surface area contributed by atoms with Gasteiger partial charge in [0.05, 0.1) is 17.7 Å². The van der Waals surface area contributed by atoms with Crippen molar-refractivity contribution >= 4 is 47.7 Å². The number of amides is 1. The maximum atomic E-state index is 12.5. The molecule has 1 aliphatic heterocycles. The highest BCUT2D eigenvalue weighted by Gasteiger charge is 2.17. The van der Waals surface area contributed by atoms with Crippen molar-refractivity contribution in [3.05, 3.63) is 45.4 Å². The second-order valence-corrected chi connectivity index (χ2v) is 6.01. The zero-order valence-electron chi connectivity index (χ0n) is 12.5. The molecule has 3 rings (SSSR count). The van der Waals surface area contributed by atoms with Crippen LogP contribution in [0.4, 0.5) is 5.69 Å². The van der Waals surface area contributed by atoms with Crippen LogP contribution in [0, 0.1) is 6.92 Å². The van der Waals surface area contributed by atoms with Crippen LogP contribution in [0.5, 0.6) is 0 Å². The van der Waals surface area contributed by atoms with E-state index in [4.69, 9.17) is 0 Å². The maximum absolute atomic E-state index is 12.5. The number of thiazole rings is 1. The lowest BCUT2D eigenvalue weighted by Gasteiger charge is -2.17. The van der Waals surface area contributed by atoms with E-state index in [1.165, 1.54) is 5.56 Å². The van der Waals surface area contributed by atoms with Gasteiger partial charge in [-0.05, 0) is 37.1 Å². The normalized spacial score (nSPS) is 11.7. The van der Waals surface area contributed by atoms with E-state index in [1.807, 2.05) is 37.7 Å². The van der Waals surface area contributed by atoms with E-state index < -0.39 is 0 Å². The van der Waals surface area contributed by atoms with Crippen LogP contribution < -0.4 is 5.32 Å². The van der Waals surface area contributed by atoms with E-state index >= 15 is 0 Å². The predicted molar refractivity (Wildman–Crippen MR) is 95.8 cm³/mol. The van der Waals surface area contributed by atoms with Crippen LogP contribution >= 0.6 is 36.2 Å². The number of carbonyl (C=O) groups excluding carboxylic acids is 1. The highest BCUT2D eigenvalue weighted by atomic mass is 35.5. The average molecular weight is 360 g/mol. The third-order valence-corrected chi connectivity index (χ3v) is 4.55. The predicted octanol–water partition coefficient (Wildman–Crippen LogP) is 3.54. The molecular formula is C15H19Cl2N3OS. The summed E-state index contributed by atoms with van der Waals surface area (Å²) < 4.78 is 0. The number of aromatic nitrogens is 1. The Morgan fingerprint density at radius 1 is 1.41 bits per heavy atom. The number of nitrogens with one attached hydrogen (secondary N) is 1.